The highest BCUT2D eigenvalue weighted by Crippen LogP contribution is 2.39. The number of nitrogens with one attached hydrogen (secondary N) is 2. The number of phenols is 2. The number of anilines is 3. The van der Waals surface area contributed by atoms with Gasteiger partial charge in [0.1, 0.15) is 11.2 Å². The molecule has 3 heterocycles. The molecule has 0 spiro atoms. The highest BCUT2D eigenvalue weighted by molar-refractivity contribution is 5.77. The molecule has 2 aliphatic rings. The molecule has 3 aromatic rings. The molecule has 1 unspecified atom stereocenters. The molecule has 1 atom stereocenters. The Bertz CT molecular complexity index is 1200. The maximum Gasteiger partial charge on any atom is 0.224 e. The van der Waals surface area contributed by atoms with E-state index in [2.05, 4.69) is 25.6 Å². The van der Waals surface area contributed by atoms with E-state index in [1.54, 1.807) is 4.57 Å². The van der Waals surface area contributed by atoms with Crippen LogP contribution in [0.1, 0.15) is 38.1 Å². The predicted molar refractivity (Wildman–Crippen MR) is 115 cm³/mol. The third-order valence-corrected chi connectivity index (χ3v) is 6.24. The van der Waals surface area contributed by atoms with Crippen LogP contribution in [0.5, 0.6) is 11.5 Å². The van der Waals surface area contributed by atoms with Gasteiger partial charge in [0.15, 0.2) is 28.8 Å². The second kappa shape index (κ2) is 8.80. The Morgan fingerprint density at radius 1 is 0.971 bits per heavy atom. The van der Waals surface area contributed by atoms with Gasteiger partial charge in [-0.1, -0.05) is 0 Å². The first-order chi connectivity index (χ1) is 16.3. The standard InChI is InChI=1S/C21H23F3N6O4/c22-13-16(14(23)18(33)15(24)17(13)32)28-21-27-12-7-25-20(26-9-1-3-11(31)4-2-9)29-19(12)30(21)10-5-6-34-8-10/h7,9-11,31-33H,1-6,8H2,(H,27,28)(H,25,26,29). The van der Waals surface area contributed by atoms with Crippen LogP contribution in [0, 0.1) is 17.5 Å². The molecule has 1 aliphatic carbocycles. The van der Waals surface area contributed by atoms with Crippen LogP contribution in [0.15, 0.2) is 6.20 Å². The molecule has 2 fully saturated rings. The quantitative estimate of drug-likeness (QED) is 0.373. The number of benzene rings is 1. The van der Waals surface area contributed by atoms with E-state index >= 15 is 0 Å². The second-order valence-corrected chi connectivity index (χ2v) is 8.51. The Hall–Kier alpha value is -3.32. The fourth-order valence-corrected chi connectivity index (χ4v) is 4.38. The molecule has 0 radical (unpaired) electrons. The van der Waals surface area contributed by atoms with Gasteiger partial charge in [-0.3, -0.25) is 4.57 Å². The van der Waals surface area contributed by atoms with Crippen LogP contribution in [0.3, 0.4) is 0 Å². The number of nitrogens with zero attached hydrogens (tertiary/aromatic N) is 4. The lowest BCUT2D eigenvalue weighted by atomic mass is 9.93. The number of hydrogen-bond donors (Lipinski definition) is 5. The first-order valence-electron chi connectivity index (χ1n) is 11.0. The topological polar surface area (TPSA) is 138 Å². The van der Waals surface area contributed by atoms with Gasteiger partial charge < -0.3 is 30.7 Å². The van der Waals surface area contributed by atoms with Crippen molar-refractivity contribution in [2.24, 2.45) is 0 Å². The Morgan fingerprint density at radius 3 is 2.32 bits per heavy atom. The van der Waals surface area contributed by atoms with Crippen LogP contribution in [0.2, 0.25) is 0 Å². The number of hydrogen-bond acceptors (Lipinski definition) is 9. The summed E-state index contributed by atoms with van der Waals surface area (Å²) in [6.07, 6.45) is 4.64. The molecule has 5 rings (SSSR count). The summed E-state index contributed by atoms with van der Waals surface area (Å²) >= 11 is 0. The lowest BCUT2D eigenvalue weighted by Gasteiger charge is -2.26. The summed E-state index contributed by atoms with van der Waals surface area (Å²) < 4.78 is 49.7. The summed E-state index contributed by atoms with van der Waals surface area (Å²) in [6, 6.07) is -0.174. The zero-order valence-electron chi connectivity index (χ0n) is 17.9. The molecule has 1 saturated heterocycles. The Balaban J connectivity index is 1.54. The molecule has 1 aliphatic heterocycles. The smallest absolute Gasteiger partial charge is 0.224 e. The minimum atomic E-state index is -1.80. The van der Waals surface area contributed by atoms with Gasteiger partial charge in [-0.05, 0) is 32.1 Å². The number of aliphatic hydroxyl groups is 1. The fraction of sp³-hybridized carbons (Fsp3) is 0.476. The Kier molecular flexibility index (Phi) is 5.81. The molecule has 0 amide bonds. The number of aromatic hydroxyl groups is 2. The maximum atomic E-state index is 14.5. The van der Waals surface area contributed by atoms with Gasteiger partial charge in [0.25, 0.3) is 0 Å². The highest BCUT2D eigenvalue weighted by atomic mass is 19.1. The first-order valence-corrected chi connectivity index (χ1v) is 11.0. The number of imidazole rings is 1. The van der Waals surface area contributed by atoms with Crippen molar-refractivity contribution in [3.63, 3.8) is 0 Å². The van der Waals surface area contributed by atoms with Gasteiger partial charge in [0.05, 0.1) is 24.9 Å². The van der Waals surface area contributed by atoms with Crippen molar-refractivity contribution in [1.82, 2.24) is 19.5 Å². The number of halogens is 3. The molecule has 5 N–H and O–H groups in total. The second-order valence-electron chi connectivity index (χ2n) is 8.51. The van der Waals surface area contributed by atoms with Crippen LogP contribution in [0.25, 0.3) is 11.2 Å². The molecule has 1 saturated carbocycles. The molecule has 10 nitrogen and oxygen atoms in total. The molecular weight excluding hydrogens is 457 g/mol. The van der Waals surface area contributed by atoms with Gasteiger partial charge in [-0.25, -0.2) is 18.7 Å². The molecule has 34 heavy (non-hydrogen) atoms. The van der Waals surface area contributed by atoms with Crippen molar-refractivity contribution in [1.29, 1.82) is 0 Å². The number of fused-ring (bicyclic) bond motifs is 1. The zero-order chi connectivity index (χ0) is 24.0. The van der Waals surface area contributed by atoms with Gasteiger partial charge in [0, 0.05) is 12.6 Å². The van der Waals surface area contributed by atoms with E-state index in [-0.39, 0.29) is 24.1 Å². The molecule has 2 aromatic heterocycles. The largest absolute Gasteiger partial charge is 0.503 e. The van der Waals surface area contributed by atoms with Gasteiger partial charge >= 0.3 is 0 Å². The Morgan fingerprint density at radius 2 is 1.68 bits per heavy atom. The summed E-state index contributed by atoms with van der Waals surface area (Å²) in [5.41, 5.74) is -0.253. The highest BCUT2D eigenvalue weighted by Gasteiger charge is 2.29. The minimum absolute atomic E-state index is 0.0408. The van der Waals surface area contributed by atoms with Crippen molar-refractivity contribution < 1.29 is 33.2 Å². The van der Waals surface area contributed by atoms with E-state index in [1.807, 2.05) is 0 Å². The molecule has 182 valence electrons. The SMILES string of the molecule is Oc1c(F)c(O)c(F)c(Nc2nc3cnc(NC4CCC(O)CC4)nc3n2C2CCOC2)c1F. The monoisotopic (exact) mass is 480 g/mol. The summed E-state index contributed by atoms with van der Waals surface area (Å²) in [5, 5.41) is 34.6. The summed E-state index contributed by atoms with van der Waals surface area (Å²) in [6.45, 7) is 0.767. The molecule has 1 aromatic carbocycles. The minimum Gasteiger partial charge on any atom is -0.503 e. The lowest BCUT2D eigenvalue weighted by Crippen LogP contribution is -2.29. The van der Waals surface area contributed by atoms with Crippen LogP contribution < -0.4 is 10.6 Å². The van der Waals surface area contributed by atoms with Crippen LogP contribution in [-0.2, 0) is 4.74 Å². The van der Waals surface area contributed by atoms with Gasteiger partial charge in [-0.2, -0.15) is 9.37 Å². The Labute approximate surface area is 191 Å². The van der Waals surface area contributed by atoms with Crippen LogP contribution in [0.4, 0.5) is 30.8 Å². The average Bonchev–Trinajstić information content (AvgIpc) is 3.48. The number of aliphatic hydroxyl groups excluding tert-OH is 1. The van der Waals surface area contributed by atoms with Gasteiger partial charge in [-0.15, -0.1) is 0 Å². The predicted octanol–water partition coefficient (Wildman–Crippen LogP) is 3.08. The molecular formula is C21H23F3N6O4. The van der Waals surface area contributed by atoms with Crippen molar-refractivity contribution in [3.8, 4) is 11.5 Å². The van der Waals surface area contributed by atoms with E-state index in [0.29, 0.717) is 49.6 Å². The normalized spacial score (nSPS) is 22.9. The van der Waals surface area contributed by atoms with E-state index in [4.69, 9.17) is 4.74 Å². The third kappa shape index (κ3) is 3.94. The van der Waals surface area contributed by atoms with Crippen molar-refractivity contribution in [3.05, 3.63) is 23.6 Å². The molecule has 0 bridgehead atoms. The van der Waals surface area contributed by atoms with Crippen molar-refractivity contribution in [2.75, 3.05) is 23.8 Å². The third-order valence-electron chi connectivity index (χ3n) is 6.24. The van der Waals surface area contributed by atoms with E-state index in [1.165, 1.54) is 6.20 Å². The lowest BCUT2D eigenvalue weighted by molar-refractivity contribution is 0.126. The molecule has 13 heteroatoms. The summed E-state index contributed by atoms with van der Waals surface area (Å²) in [5.74, 6) is -7.75. The number of rotatable bonds is 5. The first kappa shape index (κ1) is 22.5. The van der Waals surface area contributed by atoms with Crippen molar-refractivity contribution in [2.45, 2.75) is 50.3 Å². The fourth-order valence-electron chi connectivity index (χ4n) is 4.38. The average molecular weight is 480 g/mol. The van der Waals surface area contributed by atoms with Crippen molar-refractivity contribution >= 4 is 28.7 Å². The van der Waals surface area contributed by atoms with Gasteiger partial charge in [0.2, 0.25) is 17.7 Å². The maximum absolute atomic E-state index is 14.5. The summed E-state index contributed by atoms with van der Waals surface area (Å²) in [4.78, 5) is 13.2. The number of phenolic OH excluding ortho intramolecular Hbond substituents is 2. The van der Waals surface area contributed by atoms with E-state index in [9.17, 15) is 28.5 Å². The van der Waals surface area contributed by atoms with Crippen LogP contribution in [-0.4, -0.2) is 60.2 Å². The van der Waals surface area contributed by atoms with E-state index in [0.717, 1.165) is 12.8 Å². The number of ether oxygens (including phenoxy) is 1. The summed E-state index contributed by atoms with van der Waals surface area (Å²) in [7, 11) is 0. The van der Waals surface area contributed by atoms with E-state index < -0.39 is 34.6 Å². The number of aromatic nitrogens is 4. The van der Waals surface area contributed by atoms with Crippen LogP contribution >= 0.6 is 0 Å². The zero-order valence-corrected chi connectivity index (χ0v) is 17.9.